The van der Waals surface area contributed by atoms with Gasteiger partial charge in [0.15, 0.2) is 29.3 Å². The Morgan fingerprint density at radius 2 is 1.89 bits per heavy atom. The number of benzene rings is 1. The molecule has 4 aliphatic rings. The van der Waals surface area contributed by atoms with Gasteiger partial charge < -0.3 is 48.9 Å². The number of rotatable bonds is 12. The maximum Gasteiger partial charge on any atom is 0.411 e. The highest BCUT2D eigenvalue weighted by Crippen LogP contribution is 2.40. The van der Waals surface area contributed by atoms with Crippen molar-refractivity contribution in [3.05, 3.63) is 71.2 Å². The van der Waals surface area contributed by atoms with E-state index in [1.54, 1.807) is 44.5 Å². The number of hydrogen-bond acceptors (Lipinski definition) is 15. The minimum Gasteiger partial charge on any atom is -0.508 e. The third-order valence-electron chi connectivity index (χ3n) is 11.6. The highest BCUT2D eigenvalue weighted by molar-refractivity contribution is 8.13. The molecule has 1 amide bonds. The first kappa shape index (κ1) is 46.6. The van der Waals surface area contributed by atoms with E-state index in [-0.39, 0.29) is 70.5 Å². The molecule has 2 fully saturated rings. The SMILES string of the molecule is COC(=O)NC1=C2C#C/C=C\C#C[C@H](OC3OC(C)C(C(=O)c4cncc5c4[nH]c4ccc(O)cc45)CC3OC3CC(OC)C(NC(C)C)CO3)C2/C(=C\CSC(C)=O)[C@@H](O)CC1=O. The van der Waals surface area contributed by atoms with Crippen molar-refractivity contribution in [1.29, 1.82) is 0 Å². The molecule has 1 aromatic carbocycles. The molecule has 338 valence electrons. The van der Waals surface area contributed by atoms with E-state index in [0.29, 0.717) is 28.3 Å². The van der Waals surface area contributed by atoms with Crippen molar-refractivity contribution in [1.82, 2.24) is 20.6 Å². The third-order valence-corrected chi connectivity index (χ3v) is 12.3. The predicted octanol–water partition coefficient (Wildman–Crippen LogP) is 4.60. The number of Topliss-reactive ketones (excluding diaryl/α,β-unsaturated/α-hetero) is 2. The first-order valence-electron chi connectivity index (χ1n) is 21.1. The number of phenols is 1. The van der Waals surface area contributed by atoms with Gasteiger partial charge in [-0.1, -0.05) is 55.4 Å². The number of nitrogens with zero attached hydrogens (tertiary/aromatic N) is 1. The normalized spacial score (nSPS) is 29.4. The minimum atomic E-state index is -1.39. The molecule has 2 saturated heterocycles. The first-order valence-corrected chi connectivity index (χ1v) is 22.1. The fraction of sp³-hybridized carbons (Fsp3) is 0.468. The van der Waals surface area contributed by atoms with Gasteiger partial charge in [0.05, 0.1) is 66.7 Å². The van der Waals surface area contributed by atoms with Crippen molar-refractivity contribution in [2.45, 2.75) is 102 Å². The summed E-state index contributed by atoms with van der Waals surface area (Å²) in [5, 5.41) is 29.1. The molecule has 0 bridgehead atoms. The lowest BCUT2D eigenvalue weighted by Gasteiger charge is -2.44. The smallest absolute Gasteiger partial charge is 0.411 e. The number of hydrogen-bond donors (Lipinski definition) is 5. The number of pyridine rings is 1. The molecule has 0 spiro atoms. The number of ketones is 2. The van der Waals surface area contributed by atoms with Crippen LogP contribution >= 0.6 is 11.8 Å². The second kappa shape index (κ2) is 20.7. The summed E-state index contributed by atoms with van der Waals surface area (Å²) in [5.41, 5.74) is 1.79. The zero-order chi connectivity index (χ0) is 45.7. The number of alkyl carbamates (subject to hydrolysis) is 1. The van der Waals surface area contributed by atoms with Crippen LogP contribution in [0.5, 0.6) is 5.75 Å². The van der Waals surface area contributed by atoms with Gasteiger partial charge in [-0.25, -0.2) is 4.79 Å². The Hall–Kier alpha value is -5.34. The summed E-state index contributed by atoms with van der Waals surface area (Å²) < 4.78 is 37.3. The van der Waals surface area contributed by atoms with Crippen molar-refractivity contribution in [3.63, 3.8) is 0 Å². The summed E-state index contributed by atoms with van der Waals surface area (Å²) in [4.78, 5) is 61.0. The Labute approximate surface area is 374 Å². The lowest BCUT2D eigenvalue weighted by Crippen LogP contribution is -2.55. The van der Waals surface area contributed by atoms with E-state index in [2.05, 4.69) is 44.3 Å². The largest absolute Gasteiger partial charge is 0.508 e. The van der Waals surface area contributed by atoms with Crippen molar-refractivity contribution >= 4 is 56.3 Å². The summed E-state index contributed by atoms with van der Waals surface area (Å²) in [6.45, 7) is 7.52. The van der Waals surface area contributed by atoms with Crippen LogP contribution in [-0.4, -0.2) is 125 Å². The highest BCUT2D eigenvalue weighted by atomic mass is 32.2. The van der Waals surface area contributed by atoms with Crippen LogP contribution in [0.2, 0.25) is 0 Å². The molecule has 3 aromatic rings. The average molecular weight is 897 g/mol. The van der Waals surface area contributed by atoms with Crippen LogP contribution in [0.15, 0.2) is 65.7 Å². The van der Waals surface area contributed by atoms with Gasteiger partial charge in [0.25, 0.3) is 0 Å². The number of fused-ring (bicyclic) bond motifs is 4. The zero-order valence-corrected chi connectivity index (χ0v) is 37.2. The Bertz CT molecular complexity index is 2510. The number of nitrogens with one attached hydrogen (secondary N) is 3. The number of H-pyrrole nitrogens is 1. The van der Waals surface area contributed by atoms with Crippen LogP contribution in [0.4, 0.5) is 4.79 Å². The fourth-order valence-electron chi connectivity index (χ4n) is 8.59. The van der Waals surface area contributed by atoms with E-state index >= 15 is 0 Å². The van der Waals surface area contributed by atoms with E-state index < -0.39 is 67.1 Å². The lowest BCUT2D eigenvalue weighted by molar-refractivity contribution is -0.308. The van der Waals surface area contributed by atoms with Gasteiger partial charge in [0, 0.05) is 72.9 Å². The Morgan fingerprint density at radius 3 is 2.64 bits per heavy atom. The number of aliphatic hydroxyl groups excluding tert-OH is 1. The summed E-state index contributed by atoms with van der Waals surface area (Å²) >= 11 is 1.00. The molecule has 0 saturated carbocycles. The number of aromatic amines is 1. The van der Waals surface area contributed by atoms with Gasteiger partial charge in [-0.2, -0.15) is 0 Å². The second-order valence-electron chi connectivity index (χ2n) is 16.2. The third kappa shape index (κ3) is 10.4. The monoisotopic (exact) mass is 896 g/mol. The number of amides is 1. The lowest BCUT2D eigenvalue weighted by atomic mass is 9.83. The molecule has 4 heterocycles. The molecule has 2 aliphatic carbocycles. The molecule has 2 aromatic heterocycles. The van der Waals surface area contributed by atoms with Gasteiger partial charge >= 0.3 is 6.09 Å². The number of allylic oxidation sites excluding steroid dienone is 3. The van der Waals surface area contributed by atoms with Crippen LogP contribution < -0.4 is 10.6 Å². The number of ether oxygens (including phenoxy) is 6. The number of carbonyl (C=O) groups excluding carboxylic acids is 4. The number of aromatic hydroxyl groups is 1. The standard InChI is InChI=1S/C47H52N4O12S/c1-24(2)49-35-23-60-41(20-39(35)58-5)62-40-18-30(45(56)33-22-48-21-32-31-17-27(53)13-14-34(31)50-43(32)33)25(3)61-46(40)63-38-12-10-8-7-9-11-29-42(38)28(15-16-64-26(4)52)36(54)19-37(55)44(29)51-47(57)59-6/h7-8,13-15,17,21-22,24-25,30,35-36,38-42,46,49-50,53-54H,16,18-20,23H2,1-6H3,(H,51,57)/b8-7-,28-15-/t25?,30?,35?,36-,38-,39?,40?,41?,42?,46?/m0/s1. The average Bonchev–Trinajstić information content (AvgIpc) is 3.63. The highest BCUT2D eigenvalue weighted by Gasteiger charge is 2.47. The molecule has 0 radical (unpaired) electrons. The maximum atomic E-state index is 14.8. The quantitative estimate of drug-likeness (QED) is 0.0955. The molecule has 2 aliphatic heterocycles. The van der Waals surface area contributed by atoms with Crippen molar-refractivity contribution in [2.24, 2.45) is 11.8 Å². The van der Waals surface area contributed by atoms with Crippen LogP contribution in [0.1, 0.15) is 57.3 Å². The summed E-state index contributed by atoms with van der Waals surface area (Å²) in [6.07, 6.45) is 0.199. The number of thioether (sulfide) groups is 1. The number of phenolic OH excluding ortho intramolecular Hbond substituents is 1. The number of carbonyl (C=O) groups is 4. The number of methoxy groups -OCH3 is 2. The van der Waals surface area contributed by atoms with Crippen LogP contribution in [0, 0.1) is 35.5 Å². The topological polar surface area (TPSA) is 217 Å². The van der Waals surface area contributed by atoms with Crippen LogP contribution in [0.25, 0.3) is 21.8 Å². The molecule has 5 N–H and O–H groups in total. The molecular formula is C47H52N4O12S. The molecule has 10 atom stereocenters. The Morgan fingerprint density at radius 1 is 1.09 bits per heavy atom. The first-order chi connectivity index (χ1) is 30.8. The van der Waals surface area contributed by atoms with Gasteiger partial charge in [0.2, 0.25) is 0 Å². The molecule has 7 rings (SSSR count). The number of aromatic nitrogens is 2. The van der Waals surface area contributed by atoms with Crippen molar-refractivity contribution in [2.75, 3.05) is 26.6 Å². The van der Waals surface area contributed by atoms with E-state index in [4.69, 9.17) is 28.4 Å². The number of aliphatic hydroxyl groups is 1. The zero-order valence-electron chi connectivity index (χ0n) is 36.3. The van der Waals surface area contributed by atoms with Crippen LogP contribution in [0.3, 0.4) is 0 Å². The molecular weight excluding hydrogens is 845 g/mol. The molecule has 17 heteroatoms. The Kier molecular flexibility index (Phi) is 15.1. The maximum absolute atomic E-state index is 14.8. The van der Waals surface area contributed by atoms with Crippen molar-refractivity contribution < 1.29 is 57.8 Å². The molecule has 16 nitrogen and oxygen atoms in total. The minimum absolute atomic E-state index is 0.0752. The predicted molar refractivity (Wildman–Crippen MR) is 237 cm³/mol. The summed E-state index contributed by atoms with van der Waals surface area (Å²) in [5.74, 6) is 9.43. The van der Waals surface area contributed by atoms with E-state index in [1.165, 1.54) is 25.3 Å². The van der Waals surface area contributed by atoms with Crippen molar-refractivity contribution in [3.8, 4) is 29.4 Å². The second-order valence-corrected chi connectivity index (χ2v) is 17.4. The van der Waals surface area contributed by atoms with Gasteiger partial charge in [-0.05, 0) is 49.3 Å². The Balaban J connectivity index is 1.28. The molecule has 8 unspecified atom stereocenters. The van der Waals surface area contributed by atoms with E-state index in [0.717, 1.165) is 24.4 Å². The molecule has 64 heavy (non-hydrogen) atoms. The van der Waals surface area contributed by atoms with Crippen LogP contribution in [-0.2, 0) is 38.0 Å². The van der Waals surface area contributed by atoms with E-state index in [9.17, 15) is 29.4 Å². The fourth-order valence-corrected chi connectivity index (χ4v) is 9.10. The summed E-state index contributed by atoms with van der Waals surface area (Å²) in [6, 6.07) is 4.96. The van der Waals surface area contributed by atoms with E-state index in [1.807, 2.05) is 13.8 Å². The summed E-state index contributed by atoms with van der Waals surface area (Å²) in [7, 11) is 2.78. The van der Waals surface area contributed by atoms with Gasteiger partial charge in [-0.15, -0.1) is 0 Å². The van der Waals surface area contributed by atoms with Gasteiger partial charge in [0.1, 0.15) is 18.0 Å². The van der Waals surface area contributed by atoms with Gasteiger partial charge in [-0.3, -0.25) is 24.7 Å².